The predicted octanol–water partition coefficient (Wildman–Crippen LogP) is -0.313. The maximum absolute atomic E-state index is 12.0. The monoisotopic (exact) mass is 297 g/mol. The van der Waals surface area contributed by atoms with Gasteiger partial charge in [0.25, 0.3) is 0 Å². The number of aliphatic hydroxyl groups excluding tert-OH is 1. The molecule has 2 aliphatic heterocycles. The summed E-state index contributed by atoms with van der Waals surface area (Å²) in [7, 11) is 0. The Morgan fingerprint density at radius 1 is 1.52 bits per heavy atom. The Kier molecular flexibility index (Phi) is 4.44. The fraction of sp³-hybridized carbons (Fsp3) is 0.786. The maximum Gasteiger partial charge on any atom is 0.338 e. The van der Waals surface area contributed by atoms with Gasteiger partial charge >= 0.3 is 5.97 Å². The molecule has 3 unspecified atom stereocenters. The quantitative estimate of drug-likeness (QED) is 0.580. The first-order valence-electron chi connectivity index (χ1n) is 7.64. The molecule has 3 atom stereocenters. The van der Waals surface area contributed by atoms with Crippen molar-refractivity contribution < 1.29 is 19.4 Å². The Balaban J connectivity index is 1.71. The van der Waals surface area contributed by atoms with Crippen LogP contribution in [0.2, 0.25) is 0 Å². The van der Waals surface area contributed by atoms with Crippen LogP contribution in [0.5, 0.6) is 0 Å². The number of esters is 1. The van der Waals surface area contributed by atoms with Crippen LogP contribution in [0.1, 0.15) is 26.2 Å². The van der Waals surface area contributed by atoms with Gasteiger partial charge in [-0.15, -0.1) is 0 Å². The number of nitrogens with one attached hydrogen (secondary N) is 2. The van der Waals surface area contributed by atoms with Crippen molar-refractivity contribution in [1.29, 1.82) is 0 Å². The van der Waals surface area contributed by atoms with Crippen molar-refractivity contribution in [1.82, 2.24) is 15.8 Å². The summed E-state index contributed by atoms with van der Waals surface area (Å²) < 4.78 is 10.8. The van der Waals surface area contributed by atoms with Gasteiger partial charge in [0.05, 0.1) is 25.4 Å². The average molecular weight is 297 g/mol. The third-order valence-electron chi connectivity index (χ3n) is 4.18. The van der Waals surface area contributed by atoms with E-state index in [1.54, 1.807) is 13.1 Å². The molecule has 0 spiro atoms. The summed E-state index contributed by atoms with van der Waals surface area (Å²) in [6.45, 7) is 2.45. The lowest BCUT2D eigenvalue weighted by Gasteiger charge is -2.42. The Hall–Kier alpha value is -1.15. The van der Waals surface area contributed by atoms with Gasteiger partial charge in [0, 0.05) is 18.7 Å². The first-order chi connectivity index (χ1) is 10.2. The van der Waals surface area contributed by atoms with Crippen molar-refractivity contribution in [3.05, 3.63) is 11.8 Å². The van der Waals surface area contributed by atoms with Gasteiger partial charge < -0.3 is 20.0 Å². The van der Waals surface area contributed by atoms with Crippen LogP contribution in [0.15, 0.2) is 11.8 Å². The van der Waals surface area contributed by atoms with E-state index >= 15 is 0 Å². The molecule has 0 bridgehead atoms. The molecule has 0 radical (unpaired) electrons. The van der Waals surface area contributed by atoms with E-state index < -0.39 is 0 Å². The van der Waals surface area contributed by atoms with E-state index in [1.165, 1.54) is 12.8 Å². The molecule has 1 aliphatic carbocycles. The minimum absolute atomic E-state index is 0.00527. The molecular formula is C14H23N3O4. The molecule has 2 fully saturated rings. The minimum Gasteiger partial charge on any atom is -0.463 e. The number of carbonyl (C=O) groups is 1. The fourth-order valence-corrected chi connectivity index (χ4v) is 3.02. The van der Waals surface area contributed by atoms with Crippen LogP contribution >= 0.6 is 0 Å². The van der Waals surface area contributed by atoms with E-state index in [1.807, 2.05) is 5.01 Å². The van der Waals surface area contributed by atoms with Gasteiger partial charge in [0.2, 0.25) is 0 Å². The minimum atomic E-state index is -0.303. The number of nitrogens with zero attached hydrogens (tertiary/aromatic N) is 1. The molecule has 0 aromatic carbocycles. The van der Waals surface area contributed by atoms with Crippen molar-refractivity contribution >= 4 is 5.97 Å². The van der Waals surface area contributed by atoms with Gasteiger partial charge in [-0.3, -0.25) is 5.32 Å². The molecule has 0 aromatic rings. The second kappa shape index (κ2) is 6.31. The van der Waals surface area contributed by atoms with Crippen LogP contribution in [0, 0.1) is 5.92 Å². The van der Waals surface area contributed by atoms with E-state index in [-0.39, 0.29) is 25.0 Å². The predicted molar refractivity (Wildman–Crippen MR) is 74.6 cm³/mol. The highest BCUT2D eigenvalue weighted by molar-refractivity contribution is 5.90. The highest BCUT2D eigenvalue weighted by Crippen LogP contribution is 2.38. The highest BCUT2D eigenvalue weighted by Gasteiger charge is 2.46. The first-order valence-corrected chi connectivity index (χ1v) is 7.64. The van der Waals surface area contributed by atoms with Gasteiger partial charge in [0.1, 0.15) is 12.4 Å². The average Bonchev–Trinajstić information content (AvgIpc) is 3.24. The zero-order valence-electron chi connectivity index (χ0n) is 12.2. The molecule has 0 amide bonds. The SMILES string of the molecule is CCOC(=O)C1=CNN2C(OCCO)CC(C3CC3)NC12. The van der Waals surface area contributed by atoms with Crippen LogP contribution in [0.3, 0.4) is 0 Å². The number of hydrogen-bond acceptors (Lipinski definition) is 7. The molecule has 1 saturated heterocycles. The zero-order valence-corrected chi connectivity index (χ0v) is 12.2. The molecule has 2 heterocycles. The molecule has 7 heteroatoms. The van der Waals surface area contributed by atoms with Crippen molar-refractivity contribution in [2.24, 2.45) is 5.92 Å². The standard InChI is InChI=1S/C14H23N3O4/c1-2-20-14(19)10-8-15-17-12(21-6-5-18)7-11(9-3-4-9)16-13(10)17/h8-9,11-13,15-16,18H,2-7H2,1H3. The number of aliphatic hydroxyl groups is 1. The van der Waals surface area contributed by atoms with Gasteiger partial charge in [-0.1, -0.05) is 0 Å². The molecule has 3 N–H and O–H groups in total. The molecule has 118 valence electrons. The van der Waals surface area contributed by atoms with Crippen molar-refractivity contribution in [2.75, 3.05) is 19.8 Å². The topological polar surface area (TPSA) is 83.1 Å². The summed E-state index contributed by atoms with van der Waals surface area (Å²) in [6.07, 6.45) is 4.59. The Morgan fingerprint density at radius 3 is 3.00 bits per heavy atom. The summed E-state index contributed by atoms with van der Waals surface area (Å²) in [5, 5.41) is 14.4. The molecule has 1 saturated carbocycles. The van der Waals surface area contributed by atoms with Crippen LogP contribution in [-0.4, -0.2) is 54.3 Å². The first kappa shape index (κ1) is 14.8. The molecule has 3 aliphatic rings. The van der Waals surface area contributed by atoms with Crippen molar-refractivity contribution in [2.45, 2.75) is 44.6 Å². The molecular weight excluding hydrogens is 274 g/mol. The molecule has 3 rings (SSSR count). The van der Waals surface area contributed by atoms with Gasteiger partial charge in [-0.25, -0.2) is 4.79 Å². The van der Waals surface area contributed by atoms with Crippen molar-refractivity contribution in [3.63, 3.8) is 0 Å². The highest BCUT2D eigenvalue weighted by atomic mass is 16.5. The van der Waals surface area contributed by atoms with Crippen molar-refractivity contribution in [3.8, 4) is 0 Å². The second-order valence-corrected chi connectivity index (χ2v) is 5.65. The molecule has 7 nitrogen and oxygen atoms in total. The lowest BCUT2D eigenvalue weighted by molar-refractivity contribution is -0.144. The summed E-state index contributed by atoms with van der Waals surface area (Å²) in [5.74, 6) is 0.360. The number of ether oxygens (including phenoxy) is 2. The third-order valence-corrected chi connectivity index (χ3v) is 4.18. The zero-order chi connectivity index (χ0) is 14.8. The van der Waals surface area contributed by atoms with Crippen LogP contribution in [0.4, 0.5) is 0 Å². The van der Waals surface area contributed by atoms with Gasteiger partial charge in [0.15, 0.2) is 0 Å². The number of hydrogen-bond donors (Lipinski definition) is 3. The summed E-state index contributed by atoms with van der Waals surface area (Å²) in [4.78, 5) is 12.0. The number of carbonyl (C=O) groups excluding carboxylic acids is 1. The lowest BCUT2D eigenvalue weighted by Crippen LogP contribution is -2.63. The normalized spacial score (nSPS) is 32.3. The summed E-state index contributed by atoms with van der Waals surface area (Å²) >= 11 is 0. The van der Waals surface area contributed by atoms with E-state index in [9.17, 15) is 4.79 Å². The van der Waals surface area contributed by atoms with E-state index in [0.717, 1.165) is 6.42 Å². The lowest BCUT2D eigenvalue weighted by atomic mass is 10.0. The second-order valence-electron chi connectivity index (χ2n) is 5.65. The Morgan fingerprint density at radius 2 is 2.33 bits per heavy atom. The van der Waals surface area contributed by atoms with Gasteiger partial charge in [-0.05, 0) is 25.7 Å². The smallest absolute Gasteiger partial charge is 0.338 e. The Labute approximate surface area is 124 Å². The molecule has 0 aromatic heterocycles. The van der Waals surface area contributed by atoms with Gasteiger partial charge in [-0.2, -0.15) is 5.01 Å². The third kappa shape index (κ3) is 3.06. The number of fused-ring (bicyclic) bond motifs is 1. The number of hydrazine groups is 1. The van der Waals surface area contributed by atoms with E-state index in [4.69, 9.17) is 14.6 Å². The van der Waals surface area contributed by atoms with Crippen LogP contribution in [-0.2, 0) is 14.3 Å². The van der Waals surface area contributed by atoms with Crippen LogP contribution < -0.4 is 10.7 Å². The fourth-order valence-electron chi connectivity index (χ4n) is 3.02. The largest absolute Gasteiger partial charge is 0.463 e. The number of rotatable bonds is 6. The Bertz CT molecular complexity index is 424. The van der Waals surface area contributed by atoms with Crippen LogP contribution in [0.25, 0.3) is 0 Å². The maximum atomic E-state index is 12.0. The summed E-state index contributed by atoms with van der Waals surface area (Å²) in [5.41, 5.74) is 3.67. The van der Waals surface area contributed by atoms with E-state index in [2.05, 4.69) is 10.7 Å². The van der Waals surface area contributed by atoms with E-state index in [0.29, 0.717) is 30.7 Å². The summed E-state index contributed by atoms with van der Waals surface area (Å²) in [6, 6.07) is 0.340. The molecule has 21 heavy (non-hydrogen) atoms.